The van der Waals surface area contributed by atoms with Crippen LogP contribution in [0.15, 0.2) is 36.5 Å². The fourth-order valence-electron chi connectivity index (χ4n) is 4.17. The number of H-pyrrole nitrogens is 1. The second-order valence-electron chi connectivity index (χ2n) is 7.28. The van der Waals surface area contributed by atoms with Crippen molar-refractivity contribution >= 4 is 5.91 Å². The van der Waals surface area contributed by atoms with Gasteiger partial charge in [-0.1, -0.05) is 30.3 Å². The Balaban J connectivity index is 1.46. The number of rotatable bonds is 3. The maximum absolute atomic E-state index is 12.7. The number of hydrogen-bond donors (Lipinski definition) is 2. The number of carbonyl (C=O) groups excluding carboxylic acids is 1. The summed E-state index contributed by atoms with van der Waals surface area (Å²) in [5.74, 6) is 1.14. The van der Waals surface area contributed by atoms with Crippen LogP contribution in [0.5, 0.6) is 0 Å². The van der Waals surface area contributed by atoms with Crippen LogP contribution in [0.25, 0.3) is 11.3 Å². The summed E-state index contributed by atoms with van der Waals surface area (Å²) in [5.41, 5.74) is 2.14. The smallest absolute Gasteiger partial charge is 0.228 e. The molecule has 2 aromatic rings. The van der Waals surface area contributed by atoms with Gasteiger partial charge in [0, 0.05) is 19.0 Å². The minimum absolute atomic E-state index is 0.129. The highest BCUT2D eigenvalue weighted by Crippen LogP contribution is 2.31. The topological polar surface area (TPSA) is 69.2 Å². The molecular formula is C20H25N3O2. The number of imidazole rings is 1. The molecule has 1 saturated heterocycles. The number of benzene rings is 1. The van der Waals surface area contributed by atoms with Gasteiger partial charge in [0.05, 0.1) is 23.9 Å². The number of aliphatic hydroxyl groups is 1. The molecule has 2 aliphatic rings. The van der Waals surface area contributed by atoms with Crippen LogP contribution in [0.4, 0.5) is 0 Å². The number of piperidine rings is 1. The Hall–Kier alpha value is -2.14. The van der Waals surface area contributed by atoms with Gasteiger partial charge < -0.3 is 15.0 Å². The van der Waals surface area contributed by atoms with E-state index in [1.165, 1.54) is 0 Å². The fourth-order valence-corrected chi connectivity index (χ4v) is 4.17. The normalized spacial score (nSPS) is 26.8. The monoisotopic (exact) mass is 339 g/mol. The first kappa shape index (κ1) is 16.3. The number of aromatic nitrogens is 2. The molecule has 3 atom stereocenters. The molecule has 2 N–H and O–H groups in total. The molecule has 1 amide bonds. The van der Waals surface area contributed by atoms with Gasteiger partial charge in [-0.05, 0) is 37.7 Å². The van der Waals surface area contributed by atoms with Gasteiger partial charge in [-0.3, -0.25) is 4.79 Å². The van der Waals surface area contributed by atoms with Gasteiger partial charge in [0.15, 0.2) is 0 Å². The summed E-state index contributed by atoms with van der Waals surface area (Å²) in [7, 11) is 0. The molecule has 25 heavy (non-hydrogen) atoms. The van der Waals surface area contributed by atoms with Gasteiger partial charge in [0.25, 0.3) is 0 Å². The van der Waals surface area contributed by atoms with E-state index >= 15 is 0 Å². The van der Waals surface area contributed by atoms with E-state index in [1.807, 2.05) is 29.3 Å². The first-order valence-corrected chi connectivity index (χ1v) is 9.29. The third-order valence-electron chi connectivity index (χ3n) is 5.60. The molecule has 2 fully saturated rings. The number of likely N-dealkylation sites (tertiary alicyclic amines) is 1. The van der Waals surface area contributed by atoms with Crippen LogP contribution in [-0.4, -0.2) is 45.1 Å². The van der Waals surface area contributed by atoms with Crippen molar-refractivity contribution in [2.45, 2.75) is 44.1 Å². The van der Waals surface area contributed by atoms with E-state index in [2.05, 4.69) is 22.1 Å². The molecular weight excluding hydrogens is 314 g/mol. The highest BCUT2D eigenvalue weighted by Gasteiger charge is 2.36. The molecule has 1 saturated carbocycles. The van der Waals surface area contributed by atoms with Gasteiger partial charge >= 0.3 is 0 Å². The average Bonchev–Trinajstić information content (AvgIpc) is 3.31. The first-order valence-electron chi connectivity index (χ1n) is 9.29. The Labute approximate surface area is 148 Å². The quantitative estimate of drug-likeness (QED) is 0.903. The number of carbonyl (C=O) groups is 1. The van der Waals surface area contributed by atoms with Crippen molar-refractivity contribution in [1.82, 2.24) is 14.9 Å². The molecule has 1 aliphatic heterocycles. The van der Waals surface area contributed by atoms with Gasteiger partial charge in [-0.2, -0.15) is 0 Å². The maximum Gasteiger partial charge on any atom is 0.228 e. The van der Waals surface area contributed by atoms with Crippen LogP contribution < -0.4 is 0 Å². The summed E-state index contributed by atoms with van der Waals surface area (Å²) < 4.78 is 0. The summed E-state index contributed by atoms with van der Waals surface area (Å²) in [6, 6.07) is 10.2. The minimum Gasteiger partial charge on any atom is -0.392 e. The molecule has 1 aromatic carbocycles. The molecule has 0 bridgehead atoms. The number of aromatic amines is 1. The van der Waals surface area contributed by atoms with E-state index in [-0.39, 0.29) is 17.7 Å². The molecule has 3 unspecified atom stereocenters. The Kier molecular flexibility index (Phi) is 4.57. The standard InChI is InChI=1S/C20H25N3O2/c24-18-10-4-9-16(18)20(25)23-11-5-8-15(13-23)19-21-12-17(22-19)14-6-2-1-3-7-14/h1-3,6-7,12,15-16,18,24H,4-5,8-11,13H2,(H,21,22). The molecule has 1 aliphatic carbocycles. The molecule has 0 radical (unpaired) electrons. The summed E-state index contributed by atoms with van der Waals surface area (Å²) in [6.45, 7) is 1.49. The second kappa shape index (κ2) is 7.00. The van der Waals surface area contributed by atoms with Gasteiger partial charge in [-0.15, -0.1) is 0 Å². The van der Waals surface area contributed by atoms with Crippen LogP contribution in [0.3, 0.4) is 0 Å². The Morgan fingerprint density at radius 3 is 2.76 bits per heavy atom. The van der Waals surface area contributed by atoms with Crippen molar-refractivity contribution in [3.63, 3.8) is 0 Å². The zero-order chi connectivity index (χ0) is 17.2. The van der Waals surface area contributed by atoms with Gasteiger partial charge in [0.2, 0.25) is 5.91 Å². The van der Waals surface area contributed by atoms with Crippen molar-refractivity contribution in [3.8, 4) is 11.3 Å². The van der Waals surface area contributed by atoms with E-state index < -0.39 is 6.10 Å². The Morgan fingerprint density at radius 2 is 2.00 bits per heavy atom. The highest BCUT2D eigenvalue weighted by atomic mass is 16.3. The van der Waals surface area contributed by atoms with Crippen molar-refractivity contribution in [2.75, 3.05) is 13.1 Å². The molecule has 2 heterocycles. The van der Waals surface area contributed by atoms with Crippen molar-refractivity contribution in [2.24, 2.45) is 5.92 Å². The van der Waals surface area contributed by atoms with Crippen LogP contribution >= 0.6 is 0 Å². The van der Waals surface area contributed by atoms with E-state index in [4.69, 9.17) is 0 Å². The van der Waals surface area contributed by atoms with E-state index in [1.54, 1.807) is 0 Å². The Bertz CT molecular complexity index is 728. The van der Waals surface area contributed by atoms with E-state index in [9.17, 15) is 9.90 Å². The lowest BCUT2D eigenvalue weighted by molar-refractivity contribution is -0.139. The van der Waals surface area contributed by atoms with Crippen LogP contribution in [0.1, 0.15) is 43.8 Å². The van der Waals surface area contributed by atoms with Crippen LogP contribution in [0, 0.1) is 5.92 Å². The summed E-state index contributed by atoms with van der Waals surface area (Å²) in [5, 5.41) is 10.0. The van der Waals surface area contributed by atoms with Crippen molar-refractivity contribution in [1.29, 1.82) is 0 Å². The third kappa shape index (κ3) is 3.33. The van der Waals surface area contributed by atoms with Crippen molar-refractivity contribution < 1.29 is 9.90 Å². The van der Waals surface area contributed by atoms with Crippen LogP contribution in [0.2, 0.25) is 0 Å². The molecule has 0 spiro atoms. The highest BCUT2D eigenvalue weighted by molar-refractivity contribution is 5.80. The lowest BCUT2D eigenvalue weighted by Crippen LogP contribution is -2.44. The maximum atomic E-state index is 12.7. The summed E-state index contributed by atoms with van der Waals surface area (Å²) in [6.07, 6.45) is 5.98. The number of nitrogens with one attached hydrogen (secondary N) is 1. The molecule has 5 heteroatoms. The molecule has 1 aromatic heterocycles. The third-order valence-corrected chi connectivity index (χ3v) is 5.60. The number of amides is 1. The summed E-state index contributed by atoms with van der Waals surface area (Å²) >= 11 is 0. The lowest BCUT2D eigenvalue weighted by Gasteiger charge is -2.34. The number of nitrogens with zero attached hydrogens (tertiary/aromatic N) is 2. The number of hydrogen-bond acceptors (Lipinski definition) is 3. The average molecular weight is 339 g/mol. The predicted octanol–water partition coefficient (Wildman–Crippen LogP) is 2.94. The van der Waals surface area contributed by atoms with Crippen molar-refractivity contribution in [3.05, 3.63) is 42.4 Å². The summed E-state index contributed by atoms with van der Waals surface area (Å²) in [4.78, 5) is 22.7. The second-order valence-corrected chi connectivity index (χ2v) is 7.28. The fraction of sp³-hybridized carbons (Fsp3) is 0.500. The largest absolute Gasteiger partial charge is 0.392 e. The van der Waals surface area contributed by atoms with Crippen LogP contribution in [-0.2, 0) is 4.79 Å². The number of aliphatic hydroxyl groups excluding tert-OH is 1. The van der Waals surface area contributed by atoms with Gasteiger partial charge in [-0.25, -0.2) is 4.98 Å². The lowest BCUT2D eigenvalue weighted by atomic mass is 9.95. The first-order chi connectivity index (χ1) is 12.2. The zero-order valence-electron chi connectivity index (χ0n) is 14.4. The van der Waals surface area contributed by atoms with E-state index in [0.717, 1.165) is 55.7 Å². The van der Waals surface area contributed by atoms with E-state index in [0.29, 0.717) is 6.54 Å². The molecule has 4 rings (SSSR count). The SMILES string of the molecule is O=C(C1CCCC1O)N1CCCC(c2ncc(-c3ccccc3)[nH]2)C1. The molecule has 132 valence electrons. The molecule has 5 nitrogen and oxygen atoms in total. The Morgan fingerprint density at radius 1 is 1.16 bits per heavy atom. The van der Waals surface area contributed by atoms with Gasteiger partial charge in [0.1, 0.15) is 5.82 Å². The predicted molar refractivity (Wildman–Crippen MR) is 95.9 cm³/mol. The zero-order valence-corrected chi connectivity index (χ0v) is 14.4. The minimum atomic E-state index is -0.457.